The summed E-state index contributed by atoms with van der Waals surface area (Å²) in [6.45, 7) is 1.76. The van der Waals surface area contributed by atoms with Gasteiger partial charge in [-0.3, -0.25) is 10.1 Å². The number of thioether (sulfide) groups is 1. The van der Waals surface area contributed by atoms with Crippen molar-refractivity contribution in [1.29, 1.82) is 0 Å². The van der Waals surface area contributed by atoms with E-state index in [1.54, 1.807) is 37.3 Å². The number of non-ortho nitro benzene ring substituents is 1. The number of aryl methyl sites for hydroxylation is 1. The second-order valence-corrected chi connectivity index (χ2v) is 7.81. The smallest absolute Gasteiger partial charge is 0.342 e. The zero-order chi connectivity index (χ0) is 21.7. The van der Waals surface area contributed by atoms with E-state index in [0.717, 1.165) is 21.8 Å². The molecule has 30 heavy (non-hydrogen) atoms. The number of nitro groups is 1. The number of nitro benzene ring substituents is 1. The lowest BCUT2D eigenvalue weighted by atomic mass is 10.2. The lowest BCUT2D eigenvalue weighted by Crippen LogP contribution is -2.00. The highest BCUT2D eigenvalue weighted by Crippen LogP contribution is 2.32. The first-order chi connectivity index (χ1) is 14.3. The third kappa shape index (κ3) is 5.67. The van der Waals surface area contributed by atoms with Gasteiger partial charge < -0.3 is 14.3 Å². The van der Waals surface area contributed by atoms with E-state index in [-0.39, 0.29) is 22.4 Å². The van der Waals surface area contributed by atoms with Gasteiger partial charge in [-0.1, -0.05) is 15.9 Å². The highest BCUT2D eigenvalue weighted by Gasteiger charge is 2.16. The van der Waals surface area contributed by atoms with Crippen molar-refractivity contribution in [3.63, 3.8) is 0 Å². The lowest BCUT2D eigenvalue weighted by molar-refractivity contribution is -0.384. The molecule has 0 aliphatic heterocycles. The molecule has 0 fully saturated rings. The summed E-state index contributed by atoms with van der Waals surface area (Å²) < 4.78 is 11.8. The second kappa shape index (κ2) is 9.55. The molecule has 1 heterocycles. The maximum atomic E-state index is 11.7. The zero-order valence-electron chi connectivity index (χ0n) is 15.4. The number of aliphatic carboxylic acids is 1. The molecule has 0 radical (unpaired) electrons. The predicted molar refractivity (Wildman–Crippen MR) is 112 cm³/mol. The van der Waals surface area contributed by atoms with Gasteiger partial charge in [0.25, 0.3) is 10.9 Å². The molecule has 2 aromatic carbocycles. The molecule has 0 saturated heterocycles. The van der Waals surface area contributed by atoms with Crippen LogP contribution in [0, 0.1) is 17.0 Å². The SMILES string of the molecule is Cc1nnc(S/C(=C\c2cc(Br)ccc2OCc2ccc([N+](=O)[O-])cc2)C(=O)O)o1. The van der Waals surface area contributed by atoms with Crippen molar-refractivity contribution in [2.45, 2.75) is 18.8 Å². The normalized spacial score (nSPS) is 11.3. The minimum Gasteiger partial charge on any atom is -0.488 e. The van der Waals surface area contributed by atoms with E-state index in [2.05, 4.69) is 26.1 Å². The van der Waals surface area contributed by atoms with E-state index in [0.29, 0.717) is 17.2 Å². The summed E-state index contributed by atoms with van der Waals surface area (Å²) in [6.07, 6.45) is 1.45. The summed E-state index contributed by atoms with van der Waals surface area (Å²) in [5, 5.41) is 27.9. The summed E-state index contributed by atoms with van der Waals surface area (Å²) in [6, 6.07) is 11.2. The third-order valence-corrected chi connectivity index (χ3v) is 5.06. The Kier molecular flexibility index (Phi) is 6.85. The molecule has 9 nitrogen and oxygen atoms in total. The fourth-order valence-corrected chi connectivity index (χ4v) is 3.41. The fourth-order valence-electron chi connectivity index (χ4n) is 2.33. The Labute approximate surface area is 183 Å². The topological polar surface area (TPSA) is 129 Å². The number of aromatic nitrogens is 2. The van der Waals surface area contributed by atoms with Crippen molar-refractivity contribution in [2.24, 2.45) is 0 Å². The van der Waals surface area contributed by atoms with E-state index in [1.807, 2.05) is 0 Å². The predicted octanol–water partition coefficient (Wildman–Crippen LogP) is 4.85. The number of carboxylic acid groups (broad SMARTS) is 1. The van der Waals surface area contributed by atoms with E-state index in [1.165, 1.54) is 18.2 Å². The molecule has 0 atom stereocenters. The summed E-state index contributed by atoms with van der Waals surface area (Å²) in [7, 11) is 0. The minimum absolute atomic E-state index is 0.00889. The van der Waals surface area contributed by atoms with Crippen LogP contribution in [-0.4, -0.2) is 26.2 Å². The van der Waals surface area contributed by atoms with Gasteiger partial charge in [0.15, 0.2) is 0 Å². The lowest BCUT2D eigenvalue weighted by Gasteiger charge is -2.11. The second-order valence-electron chi connectivity index (χ2n) is 5.90. The van der Waals surface area contributed by atoms with Crippen molar-refractivity contribution in [3.8, 4) is 5.75 Å². The highest BCUT2D eigenvalue weighted by molar-refractivity contribution is 9.10. The molecule has 1 N–H and O–H groups in total. The van der Waals surface area contributed by atoms with Crippen LogP contribution in [0.2, 0.25) is 0 Å². The van der Waals surface area contributed by atoms with Crippen LogP contribution >= 0.6 is 27.7 Å². The third-order valence-electron chi connectivity index (χ3n) is 3.72. The molecule has 154 valence electrons. The summed E-state index contributed by atoms with van der Waals surface area (Å²) in [5.41, 5.74) is 1.24. The number of nitrogens with zero attached hydrogens (tertiary/aromatic N) is 3. The van der Waals surface area contributed by atoms with E-state index < -0.39 is 10.9 Å². The number of ether oxygens (including phenoxy) is 1. The quantitative estimate of drug-likeness (QED) is 0.203. The first kappa shape index (κ1) is 21.5. The van der Waals surface area contributed by atoms with E-state index in [4.69, 9.17) is 9.15 Å². The first-order valence-corrected chi connectivity index (χ1v) is 10.0. The molecule has 3 rings (SSSR count). The Hall–Kier alpha value is -3.18. The summed E-state index contributed by atoms with van der Waals surface area (Å²) in [4.78, 5) is 21.9. The van der Waals surface area contributed by atoms with Crippen LogP contribution in [0.1, 0.15) is 17.0 Å². The molecular weight excluding hydrogens is 478 g/mol. The van der Waals surface area contributed by atoms with Gasteiger partial charge in [-0.15, -0.1) is 10.2 Å². The number of halogens is 1. The number of hydrogen-bond donors (Lipinski definition) is 1. The zero-order valence-corrected chi connectivity index (χ0v) is 17.8. The average molecular weight is 492 g/mol. The molecule has 0 spiro atoms. The van der Waals surface area contributed by atoms with Crippen LogP contribution in [0.4, 0.5) is 5.69 Å². The van der Waals surface area contributed by atoms with Crippen LogP contribution in [0.3, 0.4) is 0 Å². The van der Waals surface area contributed by atoms with Gasteiger partial charge in [0.2, 0.25) is 5.89 Å². The van der Waals surface area contributed by atoms with Gasteiger partial charge in [0.1, 0.15) is 17.3 Å². The van der Waals surface area contributed by atoms with Crippen LogP contribution in [0.5, 0.6) is 5.75 Å². The molecule has 0 aliphatic rings. The Balaban J connectivity index is 1.83. The monoisotopic (exact) mass is 491 g/mol. The minimum atomic E-state index is -1.16. The number of benzene rings is 2. The number of carbonyl (C=O) groups is 1. The molecule has 3 aromatic rings. The number of rotatable bonds is 8. The number of hydrogen-bond acceptors (Lipinski definition) is 8. The maximum absolute atomic E-state index is 11.7. The molecule has 0 amide bonds. The molecule has 0 aliphatic carbocycles. The van der Waals surface area contributed by atoms with Crippen molar-refractivity contribution >= 4 is 45.4 Å². The Morgan fingerprint density at radius 2 is 2.03 bits per heavy atom. The van der Waals surface area contributed by atoms with Crippen molar-refractivity contribution in [3.05, 3.63) is 79.0 Å². The van der Waals surface area contributed by atoms with Crippen LogP contribution in [-0.2, 0) is 11.4 Å². The molecule has 0 bridgehead atoms. The standard InChI is InChI=1S/C19H14BrN3O6S/c1-11-21-22-19(29-11)30-17(18(24)25)9-13-8-14(20)4-7-16(13)28-10-12-2-5-15(6-3-12)23(26)27/h2-9H,10H2,1H3,(H,24,25)/b17-9-. The van der Waals surface area contributed by atoms with Gasteiger partial charge in [0, 0.05) is 29.1 Å². The van der Waals surface area contributed by atoms with Crippen molar-refractivity contribution in [2.75, 3.05) is 0 Å². The summed E-state index contributed by atoms with van der Waals surface area (Å²) in [5.74, 6) is -0.383. The maximum Gasteiger partial charge on any atom is 0.342 e. The fraction of sp³-hybridized carbons (Fsp3) is 0.105. The molecule has 1 aromatic heterocycles. The van der Waals surface area contributed by atoms with Crippen LogP contribution in [0.15, 0.2) is 61.5 Å². The molecule has 0 unspecified atom stereocenters. The molecule has 11 heteroatoms. The van der Waals surface area contributed by atoms with Crippen LogP contribution < -0.4 is 4.74 Å². The highest BCUT2D eigenvalue weighted by atomic mass is 79.9. The van der Waals surface area contributed by atoms with Crippen molar-refractivity contribution < 1.29 is 24.0 Å². The van der Waals surface area contributed by atoms with Gasteiger partial charge in [0.05, 0.1) is 4.92 Å². The Morgan fingerprint density at radius 3 is 2.63 bits per heavy atom. The summed E-state index contributed by atoms with van der Waals surface area (Å²) >= 11 is 4.20. The number of carboxylic acids is 1. The Morgan fingerprint density at radius 1 is 1.30 bits per heavy atom. The van der Waals surface area contributed by atoms with Crippen LogP contribution in [0.25, 0.3) is 6.08 Å². The van der Waals surface area contributed by atoms with Gasteiger partial charge in [-0.05, 0) is 53.7 Å². The van der Waals surface area contributed by atoms with Crippen molar-refractivity contribution in [1.82, 2.24) is 10.2 Å². The molecule has 0 saturated carbocycles. The van der Waals surface area contributed by atoms with Gasteiger partial charge >= 0.3 is 5.97 Å². The first-order valence-electron chi connectivity index (χ1n) is 8.40. The average Bonchev–Trinajstić information content (AvgIpc) is 3.12. The van der Waals surface area contributed by atoms with Gasteiger partial charge in [-0.25, -0.2) is 4.79 Å². The van der Waals surface area contributed by atoms with E-state index in [9.17, 15) is 20.0 Å². The van der Waals surface area contributed by atoms with E-state index >= 15 is 0 Å². The Bertz CT molecular complexity index is 1110. The van der Waals surface area contributed by atoms with Gasteiger partial charge in [-0.2, -0.15) is 0 Å². The largest absolute Gasteiger partial charge is 0.488 e. The molecular formula is C19H14BrN3O6S.